The second-order valence-electron chi connectivity index (χ2n) is 3.30. The monoisotopic (exact) mass is 163 g/mol. The van der Waals surface area contributed by atoms with Gasteiger partial charge in [-0.2, -0.15) is 0 Å². The second kappa shape index (κ2) is 2.70. The van der Waals surface area contributed by atoms with Crippen molar-refractivity contribution in [2.45, 2.75) is 25.9 Å². The summed E-state index contributed by atoms with van der Waals surface area (Å²) in [7, 11) is 0. The van der Waals surface area contributed by atoms with Crippen molar-refractivity contribution in [3.63, 3.8) is 0 Å². The molecule has 0 amide bonds. The first-order valence-electron chi connectivity index (χ1n) is 4.29. The molecular weight excluding hydrogens is 150 g/mol. The SMILES string of the molecule is Cc1cccc(OC2CC2)c1N. The van der Waals surface area contributed by atoms with Gasteiger partial charge in [-0.05, 0) is 31.4 Å². The minimum Gasteiger partial charge on any atom is -0.488 e. The lowest BCUT2D eigenvalue weighted by Crippen LogP contribution is -2.00. The van der Waals surface area contributed by atoms with Gasteiger partial charge in [-0.25, -0.2) is 0 Å². The third-order valence-electron chi connectivity index (χ3n) is 2.10. The molecule has 0 saturated heterocycles. The van der Waals surface area contributed by atoms with E-state index >= 15 is 0 Å². The lowest BCUT2D eigenvalue weighted by molar-refractivity contribution is 0.305. The van der Waals surface area contributed by atoms with Crippen molar-refractivity contribution >= 4 is 5.69 Å². The highest BCUT2D eigenvalue weighted by Crippen LogP contribution is 2.31. The fourth-order valence-electron chi connectivity index (χ4n) is 1.12. The van der Waals surface area contributed by atoms with Crippen LogP contribution in [0.2, 0.25) is 0 Å². The van der Waals surface area contributed by atoms with Gasteiger partial charge in [0.1, 0.15) is 5.75 Å². The molecule has 1 fully saturated rings. The van der Waals surface area contributed by atoms with E-state index in [4.69, 9.17) is 10.5 Å². The predicted molar refractivity (Wildman–Crippen MR) is 49.2 cm³/mol. The number of ether oxygens (including phenoxy) is 1. The fraction of sp³-hybridized carbons (Fsp3) is 0.400. The molecule has 1 aliphatic rings. The van der Waals surface area contributed by atoms with E-state index in [0.29, 0.717) is 6.10 Å². The molecule has 2 heteroatoms. The van der Waals surface area contributed by atoms with Crippen molar-refractivity contribution in [3.05, 3.63) is 23.8 Å². The molecule has 12 heavy (non-hydrogen) atoms. The van der Waals surface area contributed by atoms with E-state index in [0.717, 1.165) is 17.0 Å². The lowest BCUT2D eigenvalue weighted by Gasteiger charge is -2.08. The summed E-state index contributed by atoms with van der Waals surface area (Å²) in [5.41, 5.74) is 7.71. The zero-order valence-corrected chi connectivity index (χ0v) is 7.21. The van der Waals surface area contributed by atoms with E-state index in [2.05, 4.69) is 0 Å². The Bertz CT molecular complexity index is 292. The Labute approximate surface area is 72.3 Å². The predicted octanol–water partition coefficient (Wildman–Crippen LogP) is 2.12. The number of rotatable bonds is 2. The van der Waals surface area contributed by atoms with Crippen LogP contribution in [-0.2, 0) is 0 Å². The van der Waals surface area contributed by atoms with Gasteiger partial charge in [0.2, 0.25) is 0 Å². The molecule has 0 atom stereocenters. The molecule has 2 N–H and O–H groups in total. The molecule has 0 bridgehead atoms. The largest absolute Gasteiger partial charge is 0.488 e. The van der Waals surface area contributed by atoms with Crippen LogP contribution in [0.5, 0.6) is 5.75 Å². The first-order chi connectivity index (χ1) is 5.77. The third kappa shape index (κ3) is 1.37. The van der Waals surface area contributed by atoms with E-state index in [9.17, 15) is 0 Å². The summed E-state index contributed by atoms with van der Waals surface area (Å²) in [5, 5.41) is 0. The number of nitrogens with two attached hydrogens (primary N) is 1. The fourth-order valence-corrected chi connectivity index (χ4v) is 1.12. The highest BCUT2D eigenvalue weighted by Gasteiger charge is 2.24. The van der Waals surface area contributed by atoms with E-state index in [1.54, 1.807) is 0 Å². The van der Waals surface area contributed by atoms with Crippen LogP contribution in [0.15, 0.2) is 18.2 Å². The molecular formula is C10H13NO. The van der Waals surface area contributed by atoms with Gasteiger partial charge in [0.15, 0.2) is 0 Å². The van der Waals surface area contributed by atoms with Gasteiger partial charge in [0, 0.05) is 0 Å². The van der Waals surface area contributed by atoms with Crippen LogP contribution in [0.25, 0.3) is 0 Å². The number of para-hydroxylation sites is 1. The Balaban J connectivity index is 2.23. The van der Waals surface area contributed by atoms with Crippen LogP contribution in [0.3, 0.4) is 0 Å². The van der Waals surface area contributed by atoms with Gasteiger partial charge in [0.05, 0.1) is 11.8 Å². The smallest absolute Gasteiger partial charge is 0.142 e. The van der Waals surface area contributed by atoms with Gasteiger partial charge >= 0.3 is 0 Å². The molecule has 0 aromatic heterocycles. The minimum absolute atomic E-state index is 0.425. The van der Waals surface area contributed by atoms with Crippen molar-refractivity contribution in [2.75, 3.05) is 5.73 Å². The highest BCUT2D eigenvalue weighted by atomic mass is 16.5. The second-order valence-corrected chi connectivity index (χ2v) is 3.30. The van der Waals surface area contributed by atoms with Crippen molar-refractivity contribution in [2.24, 2.45) is 0 Å². The number of anilines is 1. The van der Waals surface area contributed by atoms with Crippen molar-refractivity contribution in [3.8, 4) is 5.75 Å². The summed E-state index contributed by atoms with van der Waals surface area (Å²) in [6.45, 7) is 2.00. The molecule has 1 aromatic rings. The van der Waals surface area contributed by atoms with Gasteiger partial charge in [0.25, 0.3) is 0 Å². The molecule has 1 aliphatic carbocycles. The van der Waals surface area contributed by atoms with E-state index < -0.39 is 0 Å². The van der Waals surface area contributed by atoms with Crippen LogP contribution < -0.4 is 10.5 Å². The maximum atomic E-state index is 5.83. The average molecular weight is 163 g/mol. The summed E-state index contributed by atoms with van der Waals surface area (Å²) in [6.07, 6.45) is 2.77. The van der Waals surface area contributed by atoms with Crippen LogP contribution >= 0.6 is 0 Å². The Morgan fingerprint density at radius 2 is 2.17 bits per heavy atom. The standard InChI is InChI=1S/C10H13NO/c1-7-3-2-4-9(10(7)11)12-8-5-6-8/h2-4,8H,5-6,11H2,1H3. The lowest BCUT2D eigenvalue weighted by atomic mass is 10.2. The summed E-state index contributed by atoms with van der Waals surface area (Å²) in [6, 6.07) is 5.90. The topological polar surface area (TPSA) is 35.2 Å². The van der Waals surface area contributed by atoms with Crippen molar-refractivity contribution < 1.29 is 4.74 Å². The molecule has 2 nitrogen and oxygen atoms in total. The molecule has 0 heterocycles. The molecule has 64 valence electrons. The number of aryl methyl sites for hydroxylation is 1. The number of nitrogen functional groups attached to an aromatic ring is 1. The van der Waals surface area contributed by atoms with E-state index in [1.165, 1.54) is 12.8 Å². The summed E-state index contributed by atoms with van der Waals surface area (Å²) in [5.74, 6) is 0.845. The van der Waals surface area contributed by atoms with E-state index in [1.807, 2.05) is 25.1 Å². The first-order valence-corrected chi connectivity index (χ1v) is 4.29. The summed E-state index contributed by atoms with van der Waals surface area (Å²) in [4.78, 5) is 0. The van der Waals surface area contributed by atoms with Crippen molar-refractivity contribution in [1.29, 1.82) is 0 Å². The first kappa shape index (κ1) is 7.47. The zero-order valence-electron chi connectivity index (χ0n) is 7.21. The Morgan fingerprint density at radius 1 is 1.42 bits per heavy atom. The summed E-state index contributed by atoms with van der Waals surface area (Å²) >= 11 is 0. The zero-order chi connectivity index (χ0) is 8.55. The molecule has 0 spiro atoms. The van der Waals surface area contributed by atoms with Crippen molar-refractivity contribution in [1.82, 2.24) is 0 Å². The maximum absolute atomic E-state index is 5.83. The number of hydrogen-bond acceptors (Lipinski definition) is 2. The quantitative estimate of drug-likeness (QED) is 0.678. The Hall–Kier alpha value is -1.18. The van der Waals surface area contributed by atoms with Gasteiger partial charge in [-0.15, -0.1) is 0 Å². The molecule has 1 aromatic carbocycles. The van der Waals surface area contributed by atoms with Crippen LogP contribution in [0, 0.1) is 6.92 Å². The third-order valence-corrected chi connectivity index (χ3v) is 2.10. The molecule has 1 saturated carbocycles. The van der Waals surface area contributed by atoms with E-state index in [-0.39, 0.29) is 0 Å². The Kier molecular flexibility index (Phi) is 1.68. The van der Waals surface area contributed by atoms with Gasteiger partial charge in [-0.1, -0.05) is 12.1 Å². The Morgan fingerprint density at radius 3 is 2.83 bits per heavy atom. The maximum Gasteiger partial charge on any atom is 0.142 e. The van der Waals surface area contributed by atoms with Gasteiger partial charge in [-0.3, -0.25) is 0 Å². The summed E-state index contributed by atoms with van der Waals surface area (Å²) < 4.78 is 5.61. The normalized spacial score (nSPS) is 16.1. The highest BCUT2D eigenvalue weighted by molar-refractivity contribution is 5.57. The molecule has 2 rings (SSSR count). The number of benzene rings is 1. The van der Waals surface area contributed by atoms with Crippen LogP contribution in [0.4, 0.5) is 5.69 Å². The molecule has 0 unspecified atom stereocenters. The molecule has 0 aliphatic heterocycles. The molecule has 0 radical (unpaired) electrons. The van der Waals surface area contributed by atoms with Crippen LogP contribution in [-0.4, -0.2) is 6.10 Å². The van der Waals surface area contributed by atoms with Gasteiger partial charge < -0.3 is 10.5 Å². The van der Waals surface area contributed by atoms with Crippen LogP contribution in [0.1, 0.15) is 18.4 Å². The minimum atomic E-state index is 0.425. The number of hydrogen-bond donors (Lipinski definition) is 1. The average Bonchev–Trinajstić information content (AvgIpc) is 2.83.